The molecule has 2 fully saturated rings. The Morgan fingerprint density at radius 1 is 1.23 bits per heavy atom. The van der Waals surface area contributed by atoms with Crippen LogP contribution in [0.3, 0.4) is 0 Å². The first-order chi connectivity index (χ1) is 12.6. The van der Waals surface area contributed by atoms with E-state index < -0.39 is 0 Å². The first-order valence-electron chi connectivity index (χ1n) is 9.57. The van der Waals surface area contributed by atoms with E-state index in [0.717, 1.165) is 69.3 Å². The fraction of sp³-hybridized carbons (Fsp3) is 0.722. The van der Waals surface area contributed by atoms with Crippen molar-refractivity contribution < 1.29 is 4.79 Å². The van der Waals surface area contributed by atoms with Crippen molar-refractivity contribution in [2.24, 2.45) is 4.99 Å². The molecule has 1 aromatic rings. The van der Waals surface area contributed by atoms with Gasteiger partial charge < -0.3 is 15.1 Å². The standard InChI is InChI=1S/C18H31N7O/c1-14-16(13-21-22-14)12-20-18(19-3)25-10-8-23(9-11-25)15(2)17(26)24-6-4-5-7-24/h13,15H,4-12H2,1-3H3,(H,19,20)(H,21,22). The van der Waals surface area contributed by atoms with E-state index >= 15 is 0 Å². The van der Waals surface area contributed by atoms with Crippen LogP contribution in [-0.4, -0.2) is 89.1 Å². The number of aromatic nitrogens is 2. The van der Waals surface area contributed by atoms with Crippen LogP contribution in [-0.2, 0) is 11.3 Å². The lowest BCUT2D eigenvalue weighted by Gasteiger charge is -2.39. The Morgan fingerprint density at radius 2 is 1.92 bits per heavy atom. The number of hydrogen-bond donors (Lipinski definition) is 2. The van der Waals surface area contributed by atoms with Crippen molar-refractivity contribution in [2.75, 3.05) is 46.3 Å². The molecular formula is C18H31N7O. The summed E-state index contributed by atoms with van der Waals surface area (Å²) in [4.78, 5) is 23.6. The van der Waals surface area contributed by atoms with E-state index in [4.69, 9.17) is 0 Å². The highest BCUT2D eigenvalue weighted by Gasteiger charge is 2.30. The third kappa shape index (κ3) is 4.17. The molecule has 0 aliphatic carbocycles. The summed E-state index contributed by atoms with van der Waals surface area (Å²) in [5, 5.41) is 10.4. The molecule has 2 aliphatic rings. The molecule has 144 valence electrons. The molecule has 2 N–H and O–H groups in total. The number of hydrogen-bond acceptors (Lipinski definition) is 4. The Balaban J connectivity index is 1.48. The maximum absolute atomic E-state index is 12.6. The highest BCUT2D eigenvalue weighted by atomic mass is 16.2. The Labute approximate surface area is 155 Å². The molecular weight excluding hydrogens is 330 g/mol. The lowest BCUT2D eigenvalue weighted by molar-refractivity contribution is -0.135. The van der Waals surface area contributed by atoms with Crippen LogP contribution in [0.5, 0.6) is 0 Å². The van der Waals surface area contributed by atoms with Gasteiger partial charge in [-0.1, -0.05) is 0 Å². The molecule has 1 unspecified atom stereocenters. The second-order valence-corrected chi connectivity index (χ2v) is 7.15. The summed E-state index contributed by atoms with van der Waals surface area (Å²) in [6.07, 6.45) is 4.13. The molecule has 0 aromatic carbocycles. The van der Waals surface area contributed by atoms with Gasteiger partial charge in [0.1, 0.15) is 0 Å². The van der Waals surface area contributed by atoms with Crippen LogP contribution >= 0.6 is 0 Å². The number of amides is 1. The van der Waals surface area contributed by atoms with Gasteiger partial charge in [-0.3, -0.25) is 19.8 Å². The smallest absolute Gasteiger partial charge is 0.239 e. The SMILES string of the molecule is CN=C(NCc1cn[nH]c1C)N1CCN(C(C)C(=O)N2CCCC2)CC1. The molecule has 3 rings (SSSR count). The Bertz CT molecular complexity index is 627. The van der Waals surface area contributed by atoms with Crippen LogP contribution in [0, 0.1) is 6.92 Å². The minimum absolute atomic E-state index is 0.0289. The highest BCUT2D eigenvalue weighted by Crippen LogP contribution is 2.14. The molecule has 0 saturated carbocycles. The quantitative estimate of drug-likeness (QED) is 0.600. The van der Waals surface area contributed by atoms with Gasteiger partial charge in [0.15, 0.2) is 5.96 Å². The third-order valence-electron chi connectivity index (χ3n) is 5.52. The summed E-state index contributed by atoms with van der Waals surface area (Å²) >= 11 is 0. The van der Waals surface area contributed by atoms with Gasteiger partial charge in [0.2, 0.25) is 5.91 Å². The summed E-state index contributed by atoms with van der Waals surface area (Å²) in [5.41, 5.74) is 2.22. The number of H-pyrrole nitrogens is 1. The Kier molecular flexibility index (Phi) is 6.13. The molecule has 8 heteroatoms. The average molecular weight is 361 g/mol. The number of carbonyl (C=O) groups is 1. The summed E-state index contributed by atoms with van der Waals surface area (Å²) in [5.74, 6) is 1.19. The molecule has 0 spiro atoms. The second-order valence-electron chi connectivity index (χ2n) is 7.15. The van der Waals surface area contributed by atoms with Crippen LogP contribution in [0.25, 0.3) is 0 Å². The minimum Gasteiger partial charge on any atom is -0.352 e. The number of aromatic amines is 1. The molecule has 1 amide bonds. The summed E-state index contributed by atoms with van der Waals surface area (Å²) < 4.78 is 0. The van der Waals surface area contributed by atoms with E-state index in [1.54, 1.807) is 0 Å². The van der Waals surface area contributed by atoms with Crippen LogP contribution in [0.4, 0.5) is 0 Å². The van der Waals surface area contributed by atoms with E-state index in [0.29, 0.717) is 6.54 Å². The van der Waals surface area contributed by atoms with Crippen LogP contribution < -0.4 is 5.32 Å². The predicted molar refractivity (Wildman–Crippen MR) is 102 cm³/mol. The van der Waals surface area contributed by atoms with Crippen molar-refractivity contribution in [2.45, 2.75) is 39.3 Å². The van der Waals surface area contributed by atoms with Gasteiger partial charge in [-0.15, -0.1) is 0 Å². The van der Waals surface area contributed by atoms with Crippen LogP contribution in [0.2, 0.25) is 0 Å². The van der Waals surface area contributed by atoms with Gasteiger partial charge in [0.05, 0.1) is 12.2 Å². The molecule has 26 heavy (non-hydrogen) atoms. The van der Waals surface area contributed by atoms with E-state index in [1.807, 2.05) is 32.0 Å². The summed E-state index contributed by atoms with van der Waals surface area (Å²) in [6.45, 7) is 10.1. The summed E-state index contributed by atoms with van der Waals surface area (Å²) in [6, 6.07) is -0.0289. The Hall–Kier alpha value is -2.09. The lowest BCUT2D eigenvalue weighted by atomic mass is 10.2. The number of nitrogens with one attached hydrogen (secondary N) is 2. The van der Waals surface area contributed by atoms with Gasteiger partial charge in [0, 0.05) is 64.1 Å². The van der Waals surface area contributed by atoms with E-state index in [2.05, 4.69) is 30.3 Å². The second kappa shape index (κ2) is 8.53. The maximum atomic E-state index is 12.6. The van der Waals surface area contributed by atoms with Crippen molar-refractivity contribution in [3.8, 4) is 0 Å². The molecule has 3 heterocycles. The van der Waals surface area contributed by atoms with Gasteiger partial charge in [-0.05, 0) is 26.7 Å². The van der Waals surface area contributed by atoms with E-state index in [9.17, 15) is 4.79 Å². The number of aryl methyl sites for hydroxylation is 1. The number of aliphatic imine (C=N–C) groups is 1. The topological polar surface area (TPSA) is 79.9 Å². The van der Waals surface area contributed by atoms with Gasteiger partial charge >= 0.3 is 0 Å². The first kappa shape index (κ1) is 18.7. The molecule has 0 radical (unpaired) electrons. The van der Waals surface area contributed by atoms with E-state index in [1.165, 1.54) is 0 Å². The Morgan fingerprint density at radius 3 is 2.50 bits per heavy atom. The number of carbonyl (C=O) groups excluding carboxylic acids is 1. The summed E-state index contributed by atoms with van der Waals surface area (Å²) in [7, 11) is 1.82. The van der Waals surface area contributed by atoms with Crippen molar-refractivity contribution in [3.63, 3.8) is 0 Å². The molecule has 0 bridgehead atoms. The number of piperazine rings is 1. The van der Waals surface area contributed by atoms with Gasteiger partial charge in [0.25, 0.3) is 0 Å². The third-order valence-corrected chi connectivity index (χ3v) is 5.52. The van der Waals surface area contributed by atoms with Crippen molar-refractivity contribution in [1.29, 1.82) is 0 Å². The van der Waals surface area contributed by atoms with Gasteiger partial charge in [-0.2, -0.15) is 5.10 Å². The number of rotatable bonds is 4. The molecule has 2 aliphatic heterocycles. The van der Waals surface area contributed by atoms with Crippen LogP contribution in [0.1, 0.15) is 31.0 Å². The zero-order valence-corrected chi connectivity index (χ0v) is 16.2. The van der Waals surface area contributed by atoms with E-state index in [-0.39, 0.29) is 11.9 Å². The normalized spacial score (nSPS) is 20.5. The number of likely N-dealkylation sites (tertiary alicyclic amines) is 1. The first-order valence-corrected chi connectivity index (χ1v) is 9.57. The lowest BCUT2D eigenvalue weighted by Crippen LogP contribution is -2.57. The number of guanidine groups is 1. The predicted octanol–water partition coefficient (Wildman–Crippen LogP) is 0.422. The van der Waals surface area contributed by atoms with Crippen molar-refractivity contribution in [3.05, 3.63) is 17.5 Å². The van der Waals surface area contributed by atoms with Gasteiger partial charge in [-0.25, -0.2) is 0 Å². The molecule has 1 atom stereocenters. The highest BCUT2D eigenvalue weighted by molar-refractivity contribution is 5.82. The van der Waals surface area contributed by atoms with Crippen molar-refractivity contribution >= 4 is 11.9 Å². The zero-order chi connectivity index (χ0) is 18.5. The molecule has 1 aromatic heterocycles. The minimum atomic E-state index is -0.0289. The van der Waals surface area contributed by atoms with Crippen LogP contribution in [0.15, 0.2) is 11.2 Å². The fourth-order valence-electron chi connectivity index (χ4n) is 3.74. The number of nitrogens with zero attached hydrogens (tertiary/aromatic N) is 5. The fourth-order valence-corrected chi connectivity index (χ4v) is 3.74. The largest absolute Gasteiger partial charge is 0.352 e. The average Bonchev–Trinajstić information content (AvgIpc) is 3.34. The monoisotopic (exact) mass is 361 g/mol. The van der Waals surface area contributed by atoms with Crippen molar-refractivity contribution in [1.82, 2.24) is 30.2 Å². The zero-order valence-electron chi connectivity index (χ0n) is 16.2. The maximum Gasteiger partial charge on any atom is 0.239 e. The molecule has 2 saturated heterocycles. The molecule has 8 nitrogen and oxygen atoms in total.